The molecular weight excluding hydrogens is 432 g/mol. The summed E-state index contributed by atoms with van der Waals surface area (Å²) < 4.78 is 47.6. The summed E-state index contributed by atoms with van der Waals surface area (Å²) in [5.74, 6) is -0.883. The van der Waals surface area contributed by atoms with Crippen LogP contribution in [0, 0.1) is 6.92 Å². The van der Waals surface area contributed by atoms with Gasteiger partial charge in [-0.3, -0.25) is 0 Å². The van der Waals surface area contributed by atoms with Crippen LogP contribution >= 0.6 is 0 Å². The molecule has 2 aromatic carbocycles. The van der Waals surface area contributed by atoms with E-state index in [1.807, 2.05) is 37.3 Å². The fourth-order valence-corrected chi connectivity index (χ4v) is 7.16. The van der Waals surface area contributed by atoms with E-state index in [0.29, 0.717) is 0 Å². The summed E-state index contributed by atoms with van der Waals surface area (Å²) in [5.41, 5.74) is 1.84. The first-order chi connectivity index (χ1) is 14.7. The van der Waals surface area contributed by atoms with Crippen molar-refractivity contribution in [1.82, 2.24) is 0 Å². The van der Waals surface area contributed by atoms with E-state index < -0.39 is 24.5 Å². The number of benzene rings is 2. The van der Waals surface area contributed by atoms with Gasteiger partial charge in [0.15, 0.2) is 14.1 Å². The molecule has 0 aromatic heterocycles. The maximum atomic E-state index is 12.3. The molecule has 0 aliphatic carbocycles. The third kappa shape index (κ3) is 6.88. The zero-order valence-electron chi connectivity index (χ0n) is 19.1. The van der Waals surface area contributed by atoms with Crippen LogP contribution in [0.3, 0.4) is 0 Å². The van der Waals surface area contributed by atoms with E-state index in [4.69, 9.17) is 17.5 Å². The first-order valence-electron chi connectivity index (χ1n) is 10.7. The molecule has 8 heteroatoms. The average Bonchev–Trinajstić information content (AvgIpc) is 2.78. The molecule has 0 amide bonds. The molecule has 2 rings (SSSR count). The molecule has 172 valence electrons. The van der Waals surface area contributed by atoms with Crippen LogP contribution in [0.5, 0.6) is 5.75 Å². The van der Waals surface area contributed by atoms with Crippen molar-refractivity contribution in [2.75, 3.05) is 13.7 Å². The fourth-order valence-electron chi connectivity index (χ4n) is 3.54. The van der Waals surface area contributed by atoms with E-state index in [2.05, 4.69) is 20.8 Å². The highest BCUT2D eigenvalue weighted by molar-refractivity contribution is 7.82. The van der Waals surface area contributed by atoms with Crippen molar-refractivity contribution >= 4 is 18.7 Å². The molecule has 31 heavy (non-hydrogen) atoms. The highest BCUT2D eigenvalue weighted by atomic mass is 32.3. The Morgan fingerprint density at radius 1 is 0.903 bits per heavy atom. The lowest BCUT2D eigenvalue weighted by molar-refractivity contribution is -0.189. The lowest BCUT2D eigenvalue weighted by atomic mass is 10.0. The van der Waals surface area contributed by atoms with Crippen molar-refractivity contribution in [3.8, 4) is 5.75 Å². The van der Waals surface area contributed by atoms with Crippen LogP contribution in [-0.2, 0) is 29.5 Å². The number of rotatable bonds is 13. The van der Waals surface area contributed by atoms with Crippen LogP contribution in [0.2, 0.25) is 18.1 Å². The molecule has 0 saturated heterocycles. The van der Waals surface area contributed by atoms with Crippen molar-refractivity contribution in [1.29, 1.82) is 0 Å². The minimum atomic E-state index is -4.22. The van der Waals surface area contributed by atoms with Crippen molar-refractivity contribution < 1.29 is 25.9 Å². The summed E-state index contributed by atoms with van der Waals surface area (Å²) in [4.78, 5) is 0. The Morgan fingerprint density at radius 3 is 2.00 bits per heavy atom. The molecule has 6 nitrogen and oxygen atoms in total. The summed E-state index contributed by atoms with van der Waals surface area (Å²) in [6.45, 7) is 8.19. The Bertz CT molecular complexity index is 889. The number of ether oxygens (including phenoxy) is 1. The molecule has 0 aliphatic heterocycles. The predicted octanol–water partition coefficient (Wildman–Crippen LogP) is 5.55. The second-order valence-corrected chi connectivity index (χ2v) is 13.5. The lowest BCUT2D eigenvalue weighted by Crippen LogP contribution is -2.47. The molecule has 0 saturated carbocycles. The van der Waals surface area contributed by atoms with Gasteiger partial charge in [0.25, 0.3) is 0 Å². The molecule has 1 atom stereocenters. The third-order valence-corrected chi connectivity index (χ3v) is 11.2. The minimum absolute atomic E-state index is 0.140. The third-order valence-electron chi connectivity index (χ3n) is 5.74. The SMILES string of the molecule is CC[Si](CC)(CC)OC(CCOS(=O)(=O)Oc1ccc(C)cc1)(OC)c1ccccc1. The van der Waals surface area contributed by atoms with Gasteiger partial charge in [0.05, 0.1) is 6.61 Å². The topological polar surface area (TPSA) is 71.1 Å². The predicted molar refractivity (Wildman–Crippen MR) is 125 cm³/mol. The van der Waals surface area contributed by atoms with Gasteiger partial charge in [-0.05, 0) is 37.2 Å². The molecule has 0 N–H and O–H groups in total. The van der Waals surface area contributed by atoms with Gasteiger partial charge in [0, 0.05) is 19.1 Å². The number of hydrogen-bond donors (Lipinski definition) is 0. The molecule has 0 radical (unpaired) electrons. The van der Waals surface area contributed by atoms with Crippen molar-refractivity contribution in [2.24, 2.45) is 0 Å². The largest absolute Gasteiger partial charge is 0.449 e. The zero-order chi connectivity index (χ0) is 23.0. The van der Waals surface area contributed by atoms with E-state index in [1.54, 1.807) is 31.4 Å². The van der Waals surface area contributed by atoms with Crippen LogP contribution < -0.4 is 4.18 Å². The Morgan fingerprint density at radius 2 is 1.48 bits per heavy atom. The number of aryl methyl sites for hydroxylation is 1. The Balaban J connectivity index is 2.20. The van der Waals surface area contributed by atoms with E-state index in [-0.39, 0.29) is 18.8 Å². The van der Waals surface area contributed by atoms with Gasteiger partial charge in [0.1, 0.15) is 5.75 Å². The monoisotopic (exact) mass is 466 g/mol. The quantitative estimate of drug-likeness (QED) is 0.285. The molecular formula is C23H34O6SSi. The average molecular weight is 467 g/mol. The van der Waals surface area contributed by atoms with Gasteiger partial charge in [0.2, 0.25) is 0 Å². The lowest BCUT2D eigenvalue weighted by Gasteiger charge is -2.41. The van der Waals surface area contributed by atoms with Crippen LogP contribution in [0.25, 0.3) is 0 Å². The highest BCUT2D eigenvalue weighted by Gasteiger charge is 2.42. The van der Waals surface area contributed by atoms with Gasteiger partial charge < -0.3 is 13.3 Å². The normalized spacial score (nSPS) is 14.2. The van der Waals surface area contributed by atoms with E-state index in [1.165, 1.54) is 0 Å². The molecule has 0 fully saturated rings. The Hall–Kier alpha value is -1.71. The second-order valence-electron chi connectivity index (χ2n) is 7.55. The van der Waals surface area contributed by atoms with E-state index >= 15 is 0 Å². The fraction of sp³-hybridized carbons (Fsp3) is 0.478. The number of hydrogen-bond acceptors (Lipinski definition) is 6. The summed E-state index contributed by atoms with van der Waals surface area (Å²) in [5, 5.41) is 0. The van der Waals surface area contributed by atoms with Crippen LogP contribution in [0.15, 0.2) is 54.6 Å². The standard InChI is InChI=1S/C23H34O6SSi/c1-6-31(7-2,8-3)29-23(26-5,21-12-10-9-11-13-21)18-19-27-30(24,25)28-22-16-14-20(4)15-17-22/h9-17H,6-8,18-19H2,1-5H3. The van der Waals surface area contributed by atoms with E-state index in [0.717, 1.165) is 29.3 Å². The molecule has 0 bridgehead atoms. The zero-order valence-corrected chi connectivity index (χ0v) is 20.9. The van der Waals surface area contributed by atoms with Crippen molar-refractivity contribution in [3.05, 3.63) is 65.7 Å². The second kappa shape index (κ2) is 11.2. The first-order valence-corrected chi connectivity index (χ1v) is 14.6. The van der Waals surface area contributed by atoms with Crippen molar-refractivity contribution in [2.45, 2.75) is 58.0 Å². The molecule has 0 aliphatic rings. The Labute approximate surface area is 188 Å². The smallest absolute Gasteiger partial charge is 0.386 e. The summed E-state index contributed by atoms with van der Waals surface area (Å²) in [7, 11) is -4.71. The first kappa shape index (κ1) is 25.5. The molecule has 2 aromatic rings. The molecule has 0 spiro atoms. The van der Waals surface area contributed by atoms with Gasteiger partial charge in [-0.25, -0.2) is 4.18 Å². The molecule has 1 unspecified atom stereocenters. The van der Waals surface area contributed by atoms with Crippen LogP contribution in [0.4, 0.5) is 0 Å². The molecule has 0 heterocycles. The van der Waals surface area contributed by atoms with Gasteiger partial charge >= 0.3 is 10.4 Å². The maximum Gasteiger partial charge on any atom is 0.449 e. The van der Waals surface area contributed by atoms with Gasteiger partial charge in [-0.1, -0.05) is 68.8 Å². The maximum absolute atomic E-state index is 12.3. The minimum Gasteiger partial charge on any atom is -0.386 e. The van der Waals surface area contributed by atoms with Crippen molar-refractivity contribution in [3.63, 3.8) is 0 Å². The number of methoxy groups -OCH3 is 1. The van der Waals surface area contributed by atoms with Gasteiger partial charge in [-0.2, -0.15) is 8.42 Å². The summed E-state index contributed by atoms with van der Waals surface area (Å²) in [6, 6.07) is 19.2. The summed E-state index contributed by atoms with van der Waals surface area (Å²) in [6.07, 6.45) is 0.207. The van der Waals surface area contributed by atoms with Crippen LogP contribution in [0.1, 0.15) is 38.3 Å². The Kier molecular flexibility index (Phi) is 9.26. The van der Waals surface area contributed by atoms with E-state index in [9.17, 15) is 8.42 Å². The van der Waals surface area contributed by atoms with Gasteiger partial charge in [-0.15, -0.1) is 0 Å². The summed E-state index contributed by atoms with van der Waals surface area (Å²) >= 11 is 0. The highest BCUT2D eigenvalue weighted by Crippen LogP contribution is 2.38. The van der Waals surface area contributed by atoms with Crippen LogP contribution in [-0.4, -0.2) is 30.5 Å².